The van der Waals surface area contributed by atoms with Crippen LogP contribution in [0, 0.1) is 5.41 Å². The second-order valence-electron chi connectivity index (χ2n) is 7.91. The lowest BCUT2D eigenvalue weighted by atomic mass is 9.96. The van der Waals surface area contributed by atoms with Crippen LogP contribution in [0.2, 0.25) is 0 Å². The fourth-order valence-corrected chi connectivity index (χ4v) is 1.85. The Hall–Kier alpha value is -1.55. The highest BCUT2D eigenvalue weighted by molar-refractivity contribution is 5.84. The molecule has 1 rings (SSSR count). The lowest BCUT2D eigenvalue weighted by Crippen LogP contribution is -2.29. The molecule has 1 amide bonds. The average Bonchev–Trinajstić information content (AvgIpc) is 2.33. The molecule has 4 nitrogen and oxygen atoms in total. The highest BCUT2D eigenvalue weighted by atomic mass is 16.6. The Bertz CT molecular complexity index is 481. The Morgan fingerprint density at radius 2 is 1.64 bits per heavy atom. The second-order valence-corrected chi connectivity index (χ2v) is 7.91. The summed E-state index contributed by atoms with van der Waals surface area (Å²) < 4.78 is 5.23. The standard InChI is InChI=1S/C18H30N2O2/c1-13(19-12-17(2,3)4)14-8-10-15(11-9-14)20-16(21)22-18(5,6)7/h8-11,13,19H,12H2,1-7H3,(H,20,21). The van der Waals surface area contributed by atoms with Gasteiger partial charge in [-0.25, -0.2) is 4.79 Å². The van der Waals surface area contributed by atoms with Crippen molar-refractivity contribution in [2.45, 2.75) is 60.1 Å². The molecule has 0 radical (unpaired) electrons. The van der Waals surface area contributed by atoms with Gasteiger partial charge in [-0.05, 0) is 50.8 Å². The van der Waals surface area contributed by atoms with Crippen molar-refractivity contribution in [1.82, 2.24) is 5.32 Å². The first-order valence-corrected chi connectivity index (χ1v) is 7.80. The van der Waals surface area contributed by atoms with Gasteiger partial charge in [0.15, 0.2) is 0 Å². The van der Waals surface area contributed by atoms with Gasteiger partial charge >= 0.3 is 6.09 Å². The van der Waals surface area contributed by atoms with E-state index < -0.39 is 11.7 Å². The van der Waals surface area contributed by atoms with Crippen LogP contribution >= 0.6 is 0 Å². The van der Waals surface area contributed by atoms with Gasteiger partial charge < -0.3 is 10.1 Å². The van der Waals surface area contributed by atoms with E-state index in [-0.39, 0.29) is 11.5 Å². The third-order valence-electron chi connectivity index (χ3n) is 2.99. The molecule has 0 aliphatic heterocycles. The maximum atomic E-state index is 11.7. The highest BCUT2D eigenvalue weighted by Gasteiger charge is 2.16. The van der Waals surface area contributed by atoms with E-state index >= 15 is 0 Å². The van der Waals surface area contributed by atoms with E-state index in [0.29, 0.717) is 0 Å². The van der Waals surface area contributed by atoms with Crippen LogP contribution < -0.4 is 10.6 Å². The van der Waals surface area contributed by atoms with Gasteiger partial charge in [-0.15, -0.1) is 0 Å². The van der Waals surface area contributed by atoms with E-state index in [1.807, 2.05) is 45.0 Å². The molecule has 1 aromatic carbocycles. The minimum atomic E-state index is -0.491. The number of anilines is 1. The van der Waals surface area contributed by atoms with Gasteiger partial charge in [0.2, 0.25) is 0 Å². The normalized spacial score (nSPS) is 13.6. The Kier molecular flexibility index (Phi) is 6.00. The largest absolute Gasteiger partial charge is 0.444 e. The van der Waals surface area contributed by atoms with Crippen LogP contribution in [0.3, 0.4) is 0 Å². The van der Waals surface area contributed by atoms with Crippen molar-refractivity contribution < 1.29 is 9.53 Å². The van der Waals surface area contributed by atoms with E-state index in [1.54, 1.807) is 0 Å². The Labute approximate surface area is 134 Å². The van der Waals surface area contributed by atoms with Crippen molar-refractivity contribution in [2.24, 2.45) is 5.41 Å². The van der Waals surface area contributed by atoms with Gasteiger partial charge in [0.25, 0.3) is 0 Å². The number of carbonyl (C=O) groups excluding carboxylic acids is 1. The number of hydrogen-bond donors (Lipinski definition) is 2. The molecule has 4 heteroatoms. The molecule has 22 heavy (non-hydrogen) atoms. The third kappa shape index (κ3) is 7.46. The summed E-state index contributed by atoms with van der Waals surface area (Å²) >= 11 is 0. The van der Waals surface area contributed by atoms with Crippen molar-refractivity contribution in [3.8, 4) is 0 Å². The second kappa shape index (κ2) is 7.14. The Morgan fingerprint density at radius 1 is 1.09 bits per heavy atom. The number of benzene rings is 1. The van der Waals surface area contributed by atoms with E-state index in [1.165, 1.54) is 5.56 Å². The van der Waals surface area contributed by atoms with Gasteiger partial charge in [0, 0.05) is 18.3 Å². The molecule has 2 N–H and O–H groups in total. The summed E-state index contributed by atoms with van der Waals surface area (Å²) in [5, 5.41) is 6.26. The Balaban J connectivity index is 2.57. The van der Waals surface area contributed by atoms with E-state index in [4.69, 9.17) is 4.74 Å². The summed E-state index contributed by atoms with van der Waals surface area (Å²) in [7, 11) is 0. The molecule has 0 saturated carbocycles. The zero-order valence-electron chi connectivity index (χ0n) is 14.9. The topological polar surface area (TPSA) is 50.4 Å². The molecular weight excluding hydrogens is 276 g/mol. The van der Waals surface area contributed by atoms with Crippen molar-refractivity contribution in [1.29, 1.82) is 0 Å². The molecule has 0 heterocycles. The van der Waals surface area contributed by atoms with Crippen molar-refractivity contribution in [2.75, 3.05) is 11.9 Å². The summed E-state index contributed by atoms with van der Waals surface area (Å²) in [6.45, 7) is 15.3. The fraction of sp³-hybridized carbons (Fsp3) is 0.611. The summed E-state index contributed by atoms with van der Waals surface area (Å²) in [6.07, 6.45) is -0.431. The average molecular weight is 306 g/mol. The van der Waals surface area contributed by atoms with Crippen LogP contribution in [0.15, 0.2) is 24.3 Å². The minimum absolute atomic E-state index is 0.256. The number of amides is 1. The molecule has 0 aliphatic rings. The van der Waals surface area contributed by atoms with Crippen LogP contribution in [-0.2, 0) is 4.74 Å². The van der Waals surface area contributed by atoms with Gasteiger partial charge in [-0.1, -0.05) is 32.9 Å². The molecule has 1 atom stereocenters. The molecular formula is C18H30N2O2. The first kappa shape index (κ1) is 18.5. The zero-order valence-corrected chi connectivity index (χ0v) is 14.9. The maximum absolute atomic E-state index is 11.7. The zero-order chi connectivity index (χ0) is 17.0. The van der Waals surface area contributed by atoms with E-state index in [2.05, 4.69) is 38.3 Å². The van der Waals surface area contributed by atoms with Gasteiger partial charge in [-0.2, -0.15) is 0 Å². The lowest BCUT2D eigenvalue weighted by Gasteiger charge is -2.23. The highest BCUT2D eigenvalue weighted by Crippen LogP contribution is 2.19. The smallest absolute Gasteiger partial charge is 0.412 e. The summed E-state index contributed by atoms with van der Waals surface area (Å²) in [5.74, 6) is 0. The molecule has 0 aliphatic carbocycles. The lowest BCUT2D eigenvalue weighted by molar-refractivity contribution is 0.0636. The predicted octanol–water partition coefficient (Wildman–Crippen LogP) is 4.73. The molecule has 0 aromatic heterocycles. The molecule has 0 fully saturated rings. The SMILES string of the molecule is CC(NCC(C)(C)C)c1ccc(NC(=O)OC(C)(C)C)cc1. The number of rotatable bonds is 4. The fourth-order valence-electron chi connectivity index (χ4n) is 1.85. The third-order valence-corrected chi connectivity index (χ3v) is 2.99. The van der Waals surface area contributed by atoms with Crippen LogP contribution in [0.1, 0.15) is 60.1 Å². The maximum Gasteiger partial charge on any atom is 0.412 e. The molecule has 1 aromatic rings. The van der Waals surface area contributed by atoms with Crippen molar-refractivity contribution >= 4 is 11.8 Å². The number of nitrogens with one attached hydrogen (secondary N) is 2. The van der Waals surface area contributed by atoms with Crippen LogP contribution in [0.25, 0.3) is 0 Å². The van der Waals surface area contributed by atoms with E-state index in [9.17, 15) is 4.79 Å². The Morgan fingerprint density at radius 3 is 2.09 bits per heavy atom. The molecule has 1 unspecified atom stereocenters. The summed E-state index contributed by atoms with van der Waals surface area (Å²) in [5.41, 5.74) is 1.70. The van der Waals surface area contributed by atoms with Gasteiger partial charge in [0.1, 0.15) is 5.60 Å². The molecule has 0 spiro atoms. The quantitative estimate of drug-likeness (QED) is 0.845. The first-order chi connectivity index (χ1) is 9.96. The van der Waals surface area contributed by atoms with Crippen LogP contribution in [0.5, 0.6) is 0 Å². The van der Waals surface area contributed by atoms with Crippen molar-refractivity contribution in [3.63, 3.8) is 0 Å². The molecule has 0 bridgehead atoms. The monoisotopic (exact) mass is 306 g/mol. The predicted molar refractivity (Wildman–Crippen MR) is 92.2 cm³/mol. The van der Waals surface area contributed by atoms with Crippen LogP contribution in [-0.4, -0.2) is 18.2 Å². The first-order valence-electron chi connectivity index (χ1n) is 7.80. The number of carbonyl (C=O) groups is 1. The van der Waals surface area contributed by atoms with Gasteiger partial charge in [-0.3, -0.25) is 5.32 Å². The minimum Gasteiger partial charge on any atom is -0.444 e. The summed E-state index contributed by atoms with van der Waals surface area (Å²) in [6, 6.07) is 8.11. The van der Waals surface area contributed by atoms with E-state index in [0.717, 1.165) is 12.2 Å². The van der Waals surface area contributed by atoms with Gasteiger partial charge in [0.05, 0.1) is 0 Å². The molecule has 0 saturated heterocycles. The van der Waals surface area contributed by atoms with Crippen LogP contribution in [0.4, 0.5) is 10.5 Å². The number of ether oxygens (including phenoxy) is 1. The number of hydrogen-bond acceptors (Lipinski definition) is 3. The molecule has 124 valence electrons. The van der Waals surface area contributed by atoms with Crippen molar-refractivity contribution in [3.05, 3.63) is 29.8 Å². The summed E-state index contributed by atoms with van der Waals surface area (Å²) in [4.78, 5) is 11.7.